The second kappa shape index (κ2) is 5.55. The molecule has 1 aliphatic carbocycles. The summed E-state index contributed by atoms with van der Waals surface area (Å²) in [7, 11) is 0. The van der Waals surface area contributed by atoms with E-state index in [1.807, 2.05) is 6.92 Å². The highest BCUT2D eigenvalue weighted by atomic mass is 16.6. The monoisotopic (exact) mass is 305 g/mol. The number of anilines is 1. The van der Waals surface area contributed by atoms with Gasteiger partial charge in [-0.25, -0.2) is 4.98 Å². The molecule has 2 fully saturated rings. The van der Waals surface area contributed by atoms with Crippen molar-refractivity contribution in [1.29, 1.82) is 0 Å². The average molecular weight is 305 g/mol. The van der Waals surface area contributed by atoms with Crippen LogP contribution in [0.15, 0.2) is 18.3 Å². The first-order chi connectivity index (χ1) is 10.6. The van der Waals surface area contributed by atoms with Gasteiger partial charge in [0.05, 0.1) is 17.4 Å². The van der Waals surface area contributed by atoms with Crippen LogP contribution in [-0.4, -0.2) is 35.6 Å². The molecule has 0 amide bonds. The molecule has 1 saturated carbocycles. The van der Waals surface area contributed by atoms with Crippen molar-refractivity contribution in [3.63, 3.8) is 0 Å². The molecule has 0 bridgehead atoms. The van der Waals surface area contributed by atoms with E-state index in [9.17, 15) is 14.9 Å². The van der Waals surface area contributed by atoms with Gasteiger partial charge < -0.3 is 9.64 Å². The number of nitrogens with zero attached hydrogens (tertiary/aromatic N) is 3. The van der Waals surface area contributed by atoms with E-state index >= 15 is 0 Å². The van der Waals surface area contributed by atoms with Crippen LogP contribution in [0.5, 0.6) is 0 Å². The summed E-state index contributed by atoms with van der Waals surface area (Å²) < 4.78 is 5.11. The van der Waals surface area contributed by atoms with Crippen LogP contribution < -0.4 is 4.90 Å². The van der Waals surface area contributed by atoms with Gasteiger partial charge in [0.2, 0.25) is 0 Å². The van der Waals surface area contributed by atoms with Gasteiger partial charge in [-0.2, -0.15) is 0 Å². The zero-order valence-electron chi connectivity index (χ0n) is 12.5. The molecule has 0 radical (unpaired) electrons. The molecule has 1 unspecified atom stereocenters. The highest BCUT2D eigenvalue weighted by Gasteiger charge is 2.59. The zero-order chi connectivity index (χ0) is 15.7. The Kier molecular flexibility index (Phi) is 3.72. The van der Waals surface area contributed by atoms with E-state index in [2.05, 4.69) is 9.88 Å². The van der Waals surface area contributed by atoms with Crippen LogP contribution in [0.4, 0.5) is 11.5 Å². The minimum absolute atomic E-state index is 0.00166. The number of hydrogen-bond donors (Lipinski definition) is 0. The Balaban J connectivity index is 1.58. The normalized spacial score (nSPS) is 22.4. The molecule has 1 aliphatic heterocycles. The van der Waals surface area contributed by atoms with E-state index < -0.39 is 4.92 Å². The van der Waals surface area contributed by atoms with Crippen LogP contribution in [0.3, 0.4) is 0 Å². The summed E-state index contributed by atoms with van der Waals surface area (Å²) in [6.07, 6.45) is 4.09. The van der Waals surface area contributed by atoms with Gasteiger partial charge in [0, 0.05) is 19.2 Å². The molecule has 118 valence electrons. The van der Waals surface area contributed by atoms with Crippen LogP contribution in [0.25, 0.3) is 0 Å². The molecule has 0 N–H and O–H groups in total. The lowest BCUT2D eigenvalue weighted by molar-refractivity contribution is -0.385. The van der Waals surface area contributed by atoms with Gasteiger partial charge in [-0.1, -0.05) is 0 Å². The number of esters is 1. The summed E-state index contributed by atoms with van der Waals surface area (Å²) in [4.78, 5) is 28.3. The number of carbonyl (C=O) groups is 1. The average Bonchev–Trinajstić information content (AvgIpc) is 3.22. The van der Waals surface area contributed by atoms with E-state index in [1.54, 1.807) is 6.07 Å². The van der Waals surface area contributed by atoms with Gasteiger partial charge in [-0.05, 0) is 37.7 Å². The van der Waals surface area contributed by atoms with Gasteiger partial charge >= 0.3 is 5.97 Å². The minimum atomic E-state index is -0.448. The number of carbonyl (C=O) groups excluding carboxylic acids is 1. The summed E-state index contributed by atoms with van der Waals surface area (Å²) in [5.74, 6) is 0.748. The fourth-order valence-corrected chi connectivity index (χ4v) is 3.33. The zero-order valence-corrected chi connectivity index (χ0v) is 12.5. The second-order valence-electron chi connectivity index (χ2n) is 5.99. The minimum Gasteiger partial charge on any atom is -0.466 e. The smallest absolute Gasteiger partial charge is 0.309 e. The van der Waals surface area contributed by atoms with Crippen molar-refractivity contribution in [3.8, 4) is 0 Å². The lowest BCUT2D eigenvalue weighted by atomic mass is 9.91. The fraction of sp³-hybridized carbons (Fsp3) is 0.600. The number of hydrogen-bond acceptors (Lipinski definition) is 6. The Morgan fingerprint density at radius 1 is 1.50 bits per heavy atom. The molecule has 2 heterocycles. The molecule has 1 aromatic heterocycles. The van der Waals surface area contributed by atoms with Crippen LogP contribution in [0.1, 0.15) is 26.2 Å². The summed E-state index contributed by atoms with van der Waals surface area (Å²) in [5, 5.41) is 10.6. The van der Waals surface area contributed by atoms with Crippen molar-refractivity contribution in [2.24, 2.45) is 11.3 Å². The highest BCUT2D eigenvalue weighted by Crippen LogP contribution is 2.59. The lowest BCUT2D eigenvalue weighted by Crippen LogP contribution is -2.36. The van der Waals surface area contributed by atoms with Crippen molar-refractivity contribution in [3.05, 3.63) is 28.4 Å². The molecule has 7 heteroatoms. The molecule has 3 rings (SSSR count). The summed E-state index contributed by atoms with van der Waals surface area (Å²) in [6.45, 7) is 3.90. The van der Waals surface area contributed by atoms with Crippen LogP contribution in [0.2, 0.25) is 0 Å². The maximum Gasteiger partial charge on any atom is 0.309 e. The number of rotatable bonds is 4. The number of pyridine rings is 1. The third-order valence-corrected chi connectivity index (χ3v) is 4.79. The van der Waals surface area contributed by atoms with Crippen molar-refractivity contribution in [2.75, 3.05) is 24.6 Å². The molecule has 7 nitrogen and oxygen atoms in total. The predicted molar refractivity (Wildman–Crippen MR) is 79.5 cm³/mol. The largest absolute Gasteiger partial charge is 0.466 e. The van der Waals surface area contributed by atoms with Crippen LogP contribution in [-0.2, 0) is 9.53 Å². The molecular formula is C15H19N3O4. The van der Waals surface area contributed by atoms with Crippen LogP contribution >= 0.6 is 0 Å². The van der Waals surface area contributed by atoms with Gasteiger partial charge in [-0.15, -0.1) is 0 Å². The Bertz CT molecular complexity index is 579. The van der Waals surface area contributed by atoms with Crippen molar-refractivity contribution in [1.82, 2.24) is 4.98 Å². The quantitative estimate of drug-likeness (QED) is 0.481. The van der Waals surface area contributed by atoms with Gasteiger partial charge in [0.15, 0.2) is 0 Å². The standard InChI is InChI=1S/C15H19N3O4/c1-2-22-14(19)12-9-15(12)5-7-17(8-6-15)13-4-3-11(10-16-13)18(20)21/h3-4,10,12H,2,5-9H2,1H3. The predicted octanol–water partition coefficient (Wildman–Crippen LogP) is 2.16. The first-order valence-corrected chi connectivity index (χ1v) is 7.58. The first kappa shape index (κ1) is 14.7. The maximum atomic E-state index is 11.8. The highest BCUT2D eigenvalue weighted by molar-refractivity contribution is 5.77. The number of piperidine rings is 1. The molecule has 1 aromatic rings. The number of nitro groups is 1. The summed E-state index contributed by atoms with van der Waals surface area (Å²) in [6, 6.07) is 3.16. The SMILES string of the molecule is CCOC(=O)C1CC12CCN(c1ccc([N+](=O)[O-])cn1)CC2. The first-order valence-electron chi connectivity index (χ1n) is 7.58. The topological polar surface area (TPSA) is 85.6 Å². The molecule has 2 aliphatic rings. The summed E-state index contributed by atoms with van der Waals surface area (Å²) >= 11 is 0. The molecule has 1 saturated heterocycles. The molecular weight excluding hydrogens is 286 g/mol. The Hall–Kier alpha value is -2.18. The Labute approximate surface area is 128 Å². The molecule has 22 heavy (non-hydrogen) atoms. The maximum absolute atomic E-state index is 11.8. The van der Waals surface area contributed by atoms with Crippen molar-refractivity contribution < 1.29 is 14.5 Å². The number of aromatic nitrogens is 1. The van der Waals surface area contributed by atoms with E-state index in [0.29, 0.717) is 6.61 Å². The fourth-order valence-electron chi connectivity index (χ4n) is 3.33. The second-order valence-corrected chi connectivity index (χ2v) is 5.99. The van der Waals surface area contributed by atoms with E-state index in [0.717, 1.165) is 38.2 Å². The molecule has 1 spiro atoms. The van der Waals surface area contributed by atoms with E-state index in [4.69, 9.17) is 4.74 Å². The lowest BCUT2D eigenvalue weighted by Gasteiger charge is -2.33. The van der Waals surface area contributed by atoms with E-state index in [-0.39, 0.29) is 23.0 Å². The third-order valence-electron chi connectivity index (χ3n) is 4.79. The van der Waals surface area contributed by atoms with Gasteiger partial charge in [-0.3, -0.25) is 14.9 Å². The Morgan fingerprint density at radius 2 is 2.23 bits per heavy atom. The van der Waals surface area contributed by atoms with Crippen LogP contribution in [0, 0.1) is 21.4 Å². The van der Waals surface area contributed by atoms with Gasteiger partial charge in [0.25, 0.3) is 5.69 Å². The van der Waals surface area contributed by atoms with Gasteiger partial charge in [0.1, 0.15) is 12.0 Å². The van der Waals surface area contributed by atoms with E-state index in [1.165, 1.54) is 12.3 Å². The van der Waals surface area contributed by atoms with Crippen molar-refractivity contribution in [2.45, 2.75) is 26.2 Å². The molecule has 0 aromatic carbocycles. The third kappa shape index (κ3) is 2.63. The Morgan fingerprint density at radius 3 is 2.77 bits per heavy atom. The molecule has 1 atom stereocenters. The van der Waals surface area contributed by atoms with Crippen molar-refractivity contribution >= 4 is 17.5 Å². The number of ether oxygens (including phenoxy) is 1. The summed E-state index contributed by atoms with van der Waals surface area (Å²) in [5.41, 5.74) is 0.116.